The largest absolute Gasteiger partial charge is 0.383 e. The van der Waals surface area contributed by atoms with Gasteiger partial charge in [0.1, 0.15) is 0 Å². The zero-order chi connectivity index (χ0) is 23.8. The van der Waals surface area contributed by atoms with Gasteiger partial charge in [0.15, 0.2) is 0 Å². The highest BCUT2D eigenvalue weighted by atomic mass is 35.5. The number of anilines is 1. The number of nitrogens with one attached hydrogen (secondary N) is 3. The molecule has 10 heteroatoms. The number of hydrogen-bond acceptors (Lipinski definition) is 5. The van der Waals surface area contributed by atoms with Crippen LogP contribution in [0.2, 0.25) is 5.02 Å². The van der Waals surface area contributed by atoms with Crippen LogP contribution in [0.5, 0.6) is 0 Å². The Morgan fingerprint density at radius 1 is 1.03 bits per heavy atom. The highest BCUT2D eigenvalue weighted by Crippen LogP contribution is 2.23. The molecule has 33 heavy (non-hydrogen) atoms. The Morgan fingerprint density at radius 2 is 1.73 bits per heavy atom. The standard InChI is InChI=1S/C23H28ClN3O5S/c1-32-14-13-25-33(30,31)19-10-7-16(8-11-19)22(28)27-18-9-12-21(24)20(15-18)23(29)26-17-5-3-2-4-6-17/h7-12,15,17,25H,2-6,13-14H2,1H3,(H,26,29)(H,27,28). The lowest BCUT2D eigenvalue weighted by Gasteiger charge is -2.23. The Kier molecular flexibility index (Phi) is 8.85. The summed E-state index contributed by atoms with van der Waals surface area (Å²) in [6.45, 7) is 0.399. The van der Waals surface area contributed by atoms with Gasteiger partial charge in [0, 0.05) is 30.9 Å². The molecule has 2 aromatic carbocycles. The van der Waals surface area contributed by atoms with E-state index in [1.807, 2.05) is 0 Å². The fourth-order valence-corrected chi connectivity index (χ4v) is 4.85. The van der Waals surface area contributed by atoms with Crippen molar-refractivity contribution in [3.8, 4) is 0 Å². The number of rotatable bonds is 9. The summed E-state index contributed by atoms with van der Waals surface area (Å²) in [5.41, 5.74) is 0.980. The summed E-state index contributed by atoms with van der Waals surface area (Å²) >= 11 is 6.22. The van der Waals surface area contributed by atoms with Gasteiger partial charge in [-0.3, -0.25) is 9.59 Å². The molecule has 1 fully saturated rings. The molecule has 3 rings (SSSR count). The molecule has 3 N–H and O–H groups in total. The molecule has 0 radical (unpaired) electrons. The molecule has 2 amide bonds. The molecule has 1 aliphatic carbocycles. The Morgan fingerprint density at radius 3 is 2.39 bits per heavy atom. The van der Waals surface area contributed by atoms with Gasteiger partial charge in [0.25, 0.3) is 11.8 Å². The molecular formula is C23H28ClN3O5S. The molecule has 2 aromatic rings. The third kappa shape index (κ3) is 7.01. The molecule has 0 unspecified atom stereocenters. The minimum atomic E-state index is -3.69. The second kappa shape index (κ2) is 11.6. The molecule has 8 nitrogen and oxygen atoms in total. The van der Waals surface area contributed by atoms with Gasteiger partial charge in [-0.1, -0.05) is 30.9 Å². The topological polar surface area (TPSA) is 114 Å². The van der Waals surface area contributed by atoms with Crippen molar-refractivity contribution in [2.75, 3.05) is 25.6 Å². The minimum absolute atomic E-state index is 0.0447. The van der Waals surface area contributed by atoms with Gasteiger partial charge < -0.3 is 15.4 Å². The highest BCUT2D eigenvalue weighted by Gasteiger charge is 2.19. The highest BCUT2D eigenvalue weighted by molar-refractivity contribution is 7.89. The first-order chi connectivity index (χ1) is 15.8. The normalized spacial score (nSPS) is 14.6. The molecule has 1 saturated carbocycles. The van der Waals surface area contributed by atoms with Gasteiger partial charge in [0.05, 0.1) is 22.1 Å². The molecule has 0 saturated heterocycles. The zero-order valence-electron chi connectivity index (χ0n) is 18.4. The third-order valence-corrected chi connectivity index (χ3v) is 7.24. The fraction of sp³-hybridized carbons (Fsp3) is 0.391. The summed E-state index contributed by atoms with van der Waals surface area (Å²) in [4.78, 5) is 25.4. The summed E-state index contributed by atoms with van der Waals surface area (Å²) < 4.78 is 31.7. The first-order valence-corrected chi connectivity index (χ1v) is 12.7. The molecule has 0 spiro atoms. The molecule has 0 aliphatic heterocycles. The van der Waals surface area contributed by atoms with E-state index in [1.54, 1.807) is 12.1 Å². The van der Waals surface area contributed by atoms with Crippen molar-refractivity contribution >= 4 is 39.1 Å². The minimum Gasteiger partial charge on any atom is -0.383 e. The van der Waals surface area contributed by atoms with Crippen molar-refractivity contribution < 1.29 is 22.7 Å². The average Bonchev–Trinajstić information content (AvgIpc) is 2.81. The van der Waals surface area contributed by atoms with Crippen molar-refractivity contribution in [1.82, 2.24) is 10.0 Å². The number of ether oxygens (including phenoxy) is 1. The maximum atomic E-state index is 12.7. The molecule has 0 aromatic heterocycles. The number of carbonyl (C=O) groups is 2. The van der Waals surface area contributed by atoms with E-state index in [-0.39, 0.29) is 35.6 Å². The quantitative estimate of drug-likeness (QED) is 0.462. The van der Waals surface area contributed by atoms with Crippen LogP contribution in [0.3, 0.4) is 0 Å². The van der Waals surface area contributed by atoms with Gasteiger partial charge in [-0.15, -0.1) is 0 Å². The summed E-state index contributed by atoms with van der Waals surface area (Å²) in [6, 6.07) is 10.4. The van der Waals surface area contributed by atoms with Crippen molar-refractivity contribution in [3.63, 3.8) is 0 Å². The lowest BCUT2D eigenvalue weighted by molar-refractivity contribution is 0.0926. The smallest absolute Gasteiger partial charge is 0.255 e. The number of halogens is 1. The van der Waals surface area contributed by atoms with E-state index in [9.17, 15) is 18.0 Å². The second-order valence-electron chi connectivity index (χ2n) is 7.87. The Labute approximate surface area is 199 Å². The Hall–Kier alpha value is -2.46. The number of hydrogen-bond donors (Lipinski definition) is 3. The first-order valence-electron chi connectivity index (χ1n) is 10.8. The van der Waals surface area contributed by atoms with E-state index < -0.39 is 15.9 Å². The van der Waals surface area contributed by atoms with Crippen molar-refractivity contribution in [1.29, 1.82) is 0 Å². The van der Waals surface area contributed by atoms with Crippen LogP contribution < -0.4 is 15.4 Å². The summed E-state index contributed by atoms with van der Waals surface area (Å²) in [5, 5.41) is 6.05. The van der Waals surface area contributed by atoms with Gasteiger partial charge in [-0.2, -0.15) is 0 Å². The van der Waals surface area contributed by atoms with Crippen molar-refractivity contribution in [3.05, 3.63) is 58.6 Å². The van der Waals surface area contributed by atoms with E-state index in [0.29, 0.717) is 16.3 Å². The molecule has 0 heterocycles. The first kappa shape index (κ1) is 25.2. The second-order valence-corrected chi connectivity index (χ2v) is 10.0. The van der Waals surface area contributed by atoms with E-state index in [4.69, 9.17) is 16.3 Å². The van der Waals surface area contributed by atoms with Crippen LogP contribution in [-0.2, 0) is 14.8 Å². The third-order valence-electron chi connectivity index (χ3n) is 5.43. The van der Waals surface area contributed by atoms with E-state index in [2.05, 4.69) is 15.4 Å². The van der Waals surface area contributed by atoms with Gasteiger partial charge >= 0.3 is 0 Å². The summed E-state index contributed by atoms with van der Waals surface area (Å²) in [5.74, 6) is -0.703. The molecule has 1 aliphatic rings. The number of sulfonamides is 1. The van der Waals surface area contributed by atoms with Gasteiger partial charge in [0.2, 0.25) is 10.0 Å². The maximum Gasteiger partial charge on any atom is 0.255 e. The summed E-state index contributed by atoms with van der Waals surface area (Å²) in [7, 11) is -2.21. The van der Waals surface area contributed by atoms with Crippen LogP contribution in [0.4, 0.5) is 5.69 Å². The molecule has 178 valence electrons. The van der Waals surface area contributed by atoms with Crippen LogP contribution in [0.1, 0.15) is 52.8 Å². The lowest BCUT2D eigenvalue weighted by Crippen LogP contribution is -2.36. The van der Waals surface area contributed by atoms with Crippen LogP contribution in [-0.4, -0.2) is 46.5 Å². The number of amides is 2. The predicted octanol–water partition coefficient (Wildman–Crippen LogP) is 3.58. The van der Waals surface area contributed by atoms with Crippen LogP contribution in [0.25, 0.3) is 0 Å². The SMILES string of the molecule is COCCNS(=O)(=O)c1ccc(C(=O)Nc2ccc(Cl)c(C(=O)NC3CCCCC3)c2)cc1. The fourth-order valence-electron chi connectivity index (χ4n) is 3.64. The number of carbonyl (C=O) groups excluding carboxylic acids is 2. The van der Waals surface area contributed by atoms with Crippen LogP contribution in [0.15, 0.2) is 47.4 Å². The van der Waals surface area contributed by atoms with E-state index >= 15 is 0 Å². The lowest BCUT2D eigenvalue weighted by atomic mass is 9.95. The number of methoxy groups -OCH3 is 1. The monoisotopic (exact) mass is 493 g/mol. The summed E-state index contributed by atoms with van der Waals surface area (Å²) in [6.07, 6.45) is 5.28. The Balaban J connectivity index is 1.66. The van der Waals surface area contributed by atoms with Crippen molar-refractivity contribution in [2.24, 2.45) is 0 Å². The average molecular weight is 494 g/mol. The van der Waals surface area contributed by atoms with Crippen LogP contribution >= 0.6 is 11.6 Å². The predicted molar refractivity (Wildman–Crippen MR) is 127 cm³/mol. The molecule has 0 atom stereocenters. The van der Waals surface area contributed by atoms with Gasteiger partial charge in [-0.25, -0.2) is 13.1 Å². The van der Waals surface area contributed by atoms with E-state index in [0.717, 1.165) is 25.7 Å². The van der Waals surface area contributed by atoms with E-state index in [1.165, 1.54) is 43.9 Å². The van der Waals surface area contributed by atoms with Crippen LogP contribution in [0, 0.1) is 0 Å². The molecular weight excluding hydrogens is 466 g/mol. The number of benzene rings is 2. The zero-order valence-corrected chi connectivity index (χ0v) is 20.0. The maximum absolute atomic E-state index is 12.7. The molecule has 0 bridgehead atoms. The van der Waals surface area contributed by atoms with Gasteiger partial charge in [-0.05, 0) is 55.3 Å². The van der Waals surface area contributed by atoms with Crippen molar-refractivity contribution in [2.45, 2.75) is 43.0 Å². The Bertz CT molecular complexity index is 1080.